The van der Waals surface area contributed by atoms with Crippen LogP contribution in [0.2, 0.25) is 10.0 Å². The molecule has 0 spiro atoms. The Morgan fingerprint density at radius 1 is 1.00 bits per heavy atom. The zero-order chi connectivity index (χ0) is 14.8. The normalized spacial score (nSPS) is 12.3. The van der Waals surface area contributed by atoms with Gasteiger partial charge in [0.05, 0.1) is 33.7 Å². The molecule has 2 N–H and O–H groups in total. The lowest BCUT2D eigenvalue weighted by molar-refractivity contribution is 0.720. The van der Waals surface area contributed by atoms with Crippen LogP contribution in [0, 0.1) is 0 Å². The quantitative estimate of drug-likeness (QED) is 0.802. The van der Waals surface area contributed by atoms with Crippen LogP contribution < -0.4 is 5.73 Å². The Morgan fingerprint density at radius 2 is 1.76 bits per heavy atom. The minimum atomic E-state index is -0.466. The Balaban J connectivity index is 2.06. The van der Waals surface area contributed by atoms with Crippen molar-refractivity contribution in [1.29, 1.82) is 0 Å². The van der Waals surface area contributed by atoms with Crippen molar-refractivity contribution in [2.75, 3.05) is 0 Å². The van der Waals surface area contributed by atoms with E-state index in [4.69, 9.17) is 28.9 Å². The Bertz CT molecular complexity index is 755. The van der Waals surface area contributed by atoms with E-state index in [2.05, 4.69) is 10.3 Å². The average molecular weight is 319 g/mol. The molecule has 0 aliphatic carbocycles. The van der Waals surface area contributed by atoms with Gasteiger partial charge in [-0.25, -0.2) is 4.68 Å². The second kappa shape index (κ2) is 5.85. The summed E-state index contributed by atoms with van der Waals surface area (Å²) in [4.78, 5) is 0. The number of nitrogens with two attached hydrogens (primary N) is 1. The lowest BCUT2D eigenvalue weighted by Gasteiger charge is -2.15. The minimum absolute atomic E-state index is 0.451. The van der Waals surface area contributed by atoms with Gasteiger partial charge in [0, 0.05) is 0 Å². The van der Waals surface area contributed by atoms with Crippen LogP contribution in [-0.2, 0) is 0 Å². The summed E-state index contributed by atoms with van der Waals surface area (Å²) in [5, 5.41) is 8.98. The van der Waals surface area contributed by atoms with Gasteiger partial charge in [-0.2, -0.15) is 0 Å². The van der Waals surface area contributed by atoms with E-state index in [-0.39, 0.29) is 0 Å². The summed E-state index contributed by atoms with van der Waals surface area (Å²) >= 11 is 12.3. The van der Waals surface area contributed by atoms with Crippen molar-refractivity contribution in [3.05, 3.63) is 76.0 Å². The van der Waals surface area contributed by atoms with Crippen LogP contribution in [0.1, 0.15) is 17.3 Å². The summed E-state index contributed by atoms with van der Waals surface area (Å²) in [6.45, 7) is 0. The lowest BCUT2D eigenvalue weighted by Crippen LogP contribution is -2.17. The maximum Gasteiger partial charge on any atom is 0.0858 e. The fraction of sp³-hybridized carbons (Fsp3) is 0.0667. The average Bonchev–Trinajstić information content (AvgIpc) is 3.00. The van der Waals surface area contributed by atoms with E-state index in [0.29, 0.717) is 10.0 Å². The first kappa shape index (κ1) is 14.1. The Labute approximate surface area is 132 Å². The molecule has 0 radical (unpaired) electrons. The molecule has 1 aromatic heterocycles. The number of nitrogens with zero attached hydrogens (tertiary/aromatic N) is 3. The summed E-state index contributed by atoms with van der Waals surface area (Å²) < 4.78 is 1.70. The number of para-hydroxylation sites is 1. The standard InChI is InChI=1S/C15H12Cl2N4/c16-12-8-4-7-11(14(12)17)15(18)13-9-19-20-21(13)10-5-2-1-3-6-10/h1-9,15H,18H2. The molecule has 0 aliphatic rings. The van der Waals surface area contributed by atoms with Gasteiger partial charge in [-0.15, -0.1) is 5.10 Å². The van der Waals surface area contributed by atoms with Gasteiger partial charge in [-0.3, -0.25) is 0 Å². The summed E-state index contributed by atoms with van der Waals surface area (Å²) in [7, 11) is 0. The maximum atomic E-state index is 6.32. The molecule has 3 aromatic rings. The van der Waals surface area contributed by atoms with Crippen LogP contribution in [0.5, 0.6) is 0 Å². The smallest absolute Gasteiger partial charge is 0.0858 e. The first-order valence-electron chi connectivity index (χ1n) is 6.34. The fourth-order valence-corrected chi connectivity index (χ4v) is 2.57. The van der Waals surface area contributed by atoms with Gasteiger partial charge < -0.3 is 5.73 Å². The van der Waals surface area contributed by atoms with Crippen molar-refractivity contribution in [2.45, 2.75) is 6.04 Å². The van der Waals surface area contributed by atoms with E-state index < -0.39 is 6.04 Å². The number of hydrogen-bond donors (Lipinski definition) is 1. The molecular formula is C15H12Cl2N4. The summed E-state index contributed by atoms with van der Waals surface area (Å²) in [6, 6.07) is 14.6. The zero-order valence-corrected chi connectivity index (χ0v) is 12.5. The highest BCUT2D eigenvalue weighted by Crippen LogP contribution is 2.32. The number of hydrogen-bond acceptors (Lipinski definition) is 3. The van der Waals surface area contributed by atoms with Gasteiger partial charge >= 0.3 is 0 Å². The van der Waals surface area contributed by atoms with Gasteiger partial charge in [-0.1, -0.05) is 58.7 Å². The van der Waals surface area contributed by atoms with Crippen LogP contribution in [0.25, 0.3) is 5.69 Å². The molecule has 21 heavy (non-hydrogen) atoms. The van der Waals surface area contributed by atoms with Gasteiger partial charge in [0.15, 0.2) is 0 Å². The van der Waals surface area contributed by atoms with Crippen LogP contribution >= 0.6 is 23.2 Å². The Kier molecular flexibility index (Phi) is 3.92. The molecule has 3 rings (SSSR count). The van der Waals surface area contributed by atoms with Crippen LogP contribution in [0.15, 0.2) is 54.7 Å². The van der Waals surface area contributed by atoms with Crippen LogP contribution in [0.4, 0.5) is 0 Å². The highest BCUT2D eigenvalue weighted by Gasteiger charge is 2.19. The maximum absolute atomic E-state index is 6.32. The molecule has 0 amide bonds. The SMILES string of the molecule is NC(c1cccc(Cl)c1Cl)c1cnnn1-c1ccccc1. The third-order valence-electron chi connectivity index (χ3n) is 3.21. The number of rotatable bonds is 3. The number of benzene rings is 2. The van der Waals surface area contributed by atoms with Gasteiger partial charge in [0.2, 0.25) is 0 Å². The van der Waals surface area contributed by atoms with Crippen LogP contribution in [0.3, 0.4) is 0 Å². The monoisotopic (exact) mass is 318 g/mol. The van der Waals surface area contributed by atoms with E-state index in [0.717, 1.165) is 16.9 Å². The Morgan fingerprint density at radius 3 is 2.52 bits per heavy atom. The van der Waals surface area contributed by atoms with E-state index in [1.807, 2.05) is 42.5 Å². The van der Waals surface area contributed by atoms with Crippen LogP contribution in [-0.4, -0.2) is 15.0 Å². The molecule has 0 fully saturated rings. The van der Waals surface area contributed by atoms with Crippen molar-refractivity contribution in [2.24, 2.45) is 5.73 Å². The third-order valence-corrected chi connectivity index (χ3v) is 4.05. The molecule has 0 saturated carbocycles. The first-order valence-corrected chi connectivity index (χ1v) is 7.09. The molecule has 0 bridgehead atoms. The predicted octanol–water partition coefficient (Wildman–Crippen LogP) is 3.62. The van der Waals surface area contributed by atoms with Gasteiger partial charge in [0.1, 0.15) is 0 Å². The fourth-order valence-electron chi connectivity index (χ4n) is 2.14. The number of halogens is 2. The molecular weight excluding hydrogens is 307 g/mol. The largest absolute Gasteiger partial charge is 0.319 e. The molecule has 1 atom stereocenters. The summed E-state index contributed by atoms with van der Waals surface area (Å²) in [5.74, 6) is 0. The topological polar surface area (TPSA) is 56.7 Å². The Hall–Kier alpha value is -1.88. The van der Waals surface area contributed by atoms with Crippen molar-refractivity contribution < 1.29 is 0 Å². The highest BCUT2D eigenvalue weighted by molar-refractivity contribution is 6.42. The molecule has 1 unspecified atom stereocenters. The molecule has 1 heterocycles. The molecule has 2 aromatic carbocycles. The summed E-state index contributed by atoms with van der Waals surface area (Å²) in [5.41, 5.74) is 8.69. The lowest BCUT2D eigenvalue weighted by atomic mass is 10.0. The van der Waals surface area contributed by atoms with E-state index in [1.54, 1.807) is 16.9 Å². The van der Waals surface area contributed by atoms with Crippen molar-refractivity contribution in [1.82, 2.24) is 15.0 Å². The van der Waals surface area contributed by atoms with Crippen molar-refractivity contribution in [3.63, 3.8) is 0 Å². The second-order valence-corrected chi connectivity index (χ2v) is 5.31. The predicted molar refractivity (Wildman–Crippen MR) is 83.9 cm³/mol. The third kappa shape index (κ3) is 2.65. The highest BCUT2D eigenvalue weighted by atomic mass is 35.5. The molecule has 106 valence electrons. The molecule has 6 heteroatoms. The molecule has 0 saturated heterocycles. The molecule has 0 aliphatic heterocycles. The minimum Gasteiger partial charge on any atom is -0.319 e. The first-order chi connectivity index (χ1) is 10.2. The molecule has 4 nitrogen and oxygen atoms in total. The van der Waals surface area contributed by atoms with E-state index >= 15 is 0 Å². The van der Waals surface area contributed by atoms with Crippen molar-refractivity contribution in [3.8, 4) is 5.69 Å². The zero-order valence-electron chi connectivity index (χ0n) is 10.9. The number of aromatic nitrogens is 3. The summed E-state index contributed by atoms with van der Waals surface area (Å²) in [6.07, 6.45) is 1.63. The van der Waals surface area contributed by atoms with Gasteiger partial charge in [0.25, 0.3) is 0 Å². The van der Waals surface area contributed by atoms with E-state index in [1.165, 1.54) is 0 Å². The van der Waals surface area contributed by atoms with Crippen molar-refractivity contribution >= 4 is 23.2 Å². The van der Waals surface area contributed by atoms with E-state index in [9.17, 15) is 0 Å². The van der Waals surface area contributed by atoms with Gasteiger partial charge in [-0.05, 0) is 23.8 Å². The second-order valence-electron chi connectivity index (χ2n) is 4.53.